The van der Waals surface area contributed by atoms with Gasteiger partial charge < -0.3 is 10.1 Å². The van der Waals surface area contributed by atoms with Crippen molar-refractivity contribution in [1.29, 1.82) is 0 Å². The second-order valence-electron chi connectivity index (χ2n) is 3.54. The average molecular weight is 232 g/mol. The van der Waals surface area contributed by atoms with E-state index in [9.17, 15) is 4.39 Å². The molecule has 15 heavy (non-hydrogen) atoms. The Morgan fingerprint density at radius 3 is 2.87 bits per heavy atom. The molecule has 0 spiro atoms. The summed E-state index contributed by atoms with van der Waals surface area (Å²) in [5, 5.41) is 3.36. The Hall–Kier alpha value is -0.800. The zero-order chi connectivity index (χ0) is 9.97. The molecule has 1 atom stereocenters. The lowest BCUT2D eigenvalue weighted by Gasteiger charge is -2.14. The summed E-state index contributed by atoms with van der Waals surface area (Å²) >= 11 is 0. The van der Waals surface area contributed by atoms with E-state index in [1.807, 2.05) is 0 Å². The van der Waals surface area contributed by atoms with E-state index in [1.54, 1.807) is 13.2 Å². The Morgan fingerprint density at radius 1 is 1.47 bits per heavy atom. The van der Waals surface area contributed by atoms with E-state index in [4.69, 9.17) is 4.74 Å². The van der Waals surface area contributed by atoms with Crippen molar-refractivity contribution in [2.24, 2.45) is 0 Å². The maximum Gasteiger partial charge on any atom is 0.126 e. The fourth-order valence-corrected chi connectivity index (χ4v) is 1.92. The highest BCUT2D eigenvalue weighted by atomic mass is 35.5. The molecule has 0 unspecified atom stereocenters. The zero-order valence-corrected chi connectivity index (χ0v) is 9.44. The number of rotatable bonds is 2. The van der Waals surface area contributed by atoms with Crippen molar-refractivity contribution in [2.75, 3.05) is 13.7 Å². The molecule has 84 valence electrons. The Balaban J connectivity index is 0.00000112. The summed E-state index contributed by atoms with van der Waals surface area (Å²) in [6.07, 6.45) is 2.27. The van der Waals surface area contributed by atoms with Crippen molar-refractivity contribution in [3.63, 3.8) is 0 Å². The number of hydrogen-bond acceptors (Lipinski definition) is 2. The molecule has 1 aliphatic rings. The van der Waals surface area contributed by atoms with Crippen LogP contribution in [0.1, 0.15) is 24.4 Å². The molecule has 0 radical (unpaired) electrons. The first kappa shape index (κ1) is 12.3. The van der Waals surface area contributed by atoms with Gasteiger partial charge in [0.1, 0.15) is 11.6 Å². The van der Waals surface area contributed by atoms with Crippen molar-refractivity contribution in [3.05, 3.63) is 29.6 Å². The molecule has 1 saturated heterocycles. The summed E-state index contributed by atoms with van der Waals surface area (Å²) < 4.78 is 18.1. The molecule has 0 amide bonds. The number of methoxy groups -OCH3 is 1. The maximum absolute atomic E-state index is 12.9. The van der Waals surface area contributed by atoms with Crippen LogP contribution >= 0.6 is 12.4 Å². The number of halogens is 2. The molecule has 1 heterocycles. The third kappa shape index (κ3) is 2.61. The molecular weight excluding hydrogens is 217 g/mol. The molecule has 0 saturated carbocycles. The lowest BCUT2D eigenvalue weighted by atomic mass is 10.0. The number of ether oxygens (including phenoxy) is 1. The first-order valence-corrected chi connectivity index (χ1v) is 4.88. The molecular formula is C11H15ClFNO. The fourth-order valence-electron chi connectivity index (χ4n) is 1.92. The number of nitrogens with one attached hydrogen (secondary N) is 1. The van der Waals surface area contributed by atoms with Crippen LogP contribution < -0.4 is 10.1 Å². The Bertz CT molecular complexity index is 326. The topological polar surface area (TPSA) is 21.3 Å². The van der Waals surface area contributed by atoms with Gasteiger partial charge >= 0.3 is 0 Å². The predicted molar refractivity (Wildman–Crippen MR) is 60.2 cm³/mol. The van der Waals surface area contributed by atoms with Gasteiger partial charge in [0.25, 0.3) is 0 Å². The molecule has 2 rings (SSSR count). The summed E-state index contributed by atoms with van der Waals surface area (Å²) in [6.45, 7) is 1.03. The first-order valence-electron chi connectivity index (χ1n) is 4.88. The van der Waals surface area contributed by atoms with Gasteiger partial charge in [0.15, 0.2) is 0 Å². The molecule has 0 aromatic heterocycles. The highest BCUT2D eigenvalue weighted by Crippen LogP contribution is 2.31. The van der Waals surface area contributed by atoms with Crippen LogP contribution in [0.15, 0.2) is 18.2 Å². The first-order chi connectivity index (χ1) is 6.81. The van der Waals surface area contributed by atoms with Gasteiger partial charge in [-0.1, -0.05) is 6.07 Å². The van der Waals surface area contributed by atoms with Crippen molar-refractivity contribution in [1.82, 2.24) is 5.32 Å². The fraction of sp³-hybridized carbons (Fsp3) is 0.455. The molecule has 2 nitrogen and oxygen atoms in total. The van der Waals surface area contributed by atoms with E-state index < -0.39 is 0 Å². The van der Waals surface area contributed by atoms with E-state index in [0.29, 0.717) is 11.8 Å². The second kappa shape index (κ2) is 5.33. The van der Waals surface area contributed by atoms with Gasteiger partial charge in [-0.3, -0.25) is 0 Å². The van der Waals surface area contributed by atoms with E-state index >= 15 is 0 Å². The summed E-state index contributed by atoms with van der Waals surface area (Å²) in [5.41, 5.74) is 1.06. The standard InChI is InChI=1S/C11H14FNO.ClH/c1-14-11-7-8(12)4-5-9(11)10-3-2-6-13-10;/h4-5,7,10,13H,2-3,6H2,1H3;1H/t10-;/m1./s1. The van der Waals surface area contributed by atoms with Crippen LogP contribution in [0, 0.1) is 5.82 Å². The van der Waals surface area contributed by atoms with Gasteiger partial charge in [0.05, 0.1) is 7.11 Å². The van der Waals surface area contributed by atoms with Gasteiger partial charge in [-0.15, -0.1) is 12.4 Å². The van der Waals surface area contributed by atoms with Crippen molar-refractivity contribution >= 4 is 12.4 Å². The minimum Gasteiger partial charge on any atom is -0.496 e. The van der Waals surface area contributed by atoms with Gasteiger partial charge in [-0.05, 0) is 25.5 Å². The zero-order valence-electron chi connectivity index (χ0n) is 8.63. The van der Waals surface area contributed by atoms with E-state index in [2.05, 4.69) is 5.32 Å². The van der Waals surface area contributed by atoms with E-state index in [-0.39, 0.29) is 18.2 Å². The van der Waals surface area contributed by atoms with Crippen LogP contribution in [0.4, 0.5) is 4.39 Å². The van der Waals surface area contributed by atoms with Crippen molar-refractivity contribution in [2.45, 2.75) is 18.9 Å². The molecule has 1 aliphatic heterocycles. The van der Waals surface area contributed by atoms with Crippen LogP contribution in [0.5, 0.6) is 5.75 Å². The minimum atomic E-state index is -0.247. The number of benzene rings is 1. The third-order valence-corrected chi connectivity index (χ3v) is 2.63. The predicted octanol–water partition coefficient (Wildman–Crippen LogP) is 2.68. The van der Waals surface area contributed by atoms with Crippen molar-refractivity contribution < 1.29 is 9.13 Å². The molecule has 1 N–H and O–H groups in total. The average Bonchev–Trinajstić information content (AvgIpc) is 2.70. The normalized spacial score (nSPS) is 19.7. The Kier molecular flexibility index (Phi) is 4.36. The smallest absolute Gasteiger partial charge is 0.126 e. The van der Waals surface area contributed by atoms with Crippen LogP contribution in [0.2, 0.25) is 0 Å². The Morgan fingerprint density at radius 2 is 2.27 bits per heavy atom. The highest BCUT2D eigenvalue weighted by Gasteiger charge is 2.19. The molecule has 0 aliphatic carbocycles. The maximum atomic E-state index is 12.9. The van der Waals surface area contributed by atoms with Crippen LogP contribution in [-0.2, 0) is 0 Å². The SMILES string of the molecule is COc1cc(F)ccc1[C@H]1CCCN1.Cl. The van der Waals surface area contributed by atoms with Gasteiger partial charge in [0, 0.05) is 17.7 Å². The highest BCUT2D eigenvalue weighted by molar-refractivity contribution is 5.85. The quantitative estimate of drug-likeness (QED) is 0.845. The molecule has 0 bridgehead atoms. The van der Waals surface area contributed by atoms with Crippen LogP contribution in [0.3, 0.4) is 0 Å². The van der Waals surface area contributed by atoms with Crippen LogP contribution in [-0.4, -0.2) is 13.7 Å². The van der Waals surface area contributed by atoms with Gasteiger partial charge in [-0.25, -0.2) is 4.39 Å². The van der Waals surface area contributed by atoms with Crippen molar-refractivity contribution in [3.8, 4) is 5.75 Å². The largest absolute Gasteiger partial charge is 0.496 e. The summed E-state index contributed by atoms with van der Waals surface area (Å²) in [4.78, 5) is 0. The molecule has 1 aromatic rings. The lowest BCUT2D eigenvalue weighted by molar-refractivity contribution is 0.400. The summed E-state index contributed by atoms with van der Waals surface area (Å²) in [7, 11) is 1.58. The van der Waals surface area contributed by atoms with E-state index in [0.717, 1.165) is 18.5 Å². The Labute approximate surface area is 95.2 Å². The minimum absolute atomic E-state index is 0. The lowest BCUT2D eigenvalue weighted by Crippen LogP contribution is -2.13. The molecule has 1 fully saturated rings. The van der Waals surface area contributed by atoms with Gasteiger partial charge in [0.2, 0.25) is 0 Å². The second-order valence-corrected chi connectivity index (χ2v) is 3.54. The molecule has 1 aromatic carbocycles. The monoisotopic (exact) mass is 231 g/mol. The summed E-state index contributed by atoms with van der Waals surface area (Å²) in [6, 6.07) is 5.05. The van der Waals surface area contributed by atoms with Crippen LogP contribution in [0.25, 0.3) is 0 Å². The van der Waals surface area contributed by atoms with Gasteiger partial charge in [-0.2, -0.15) is 0 Å². The molecule has 4 heteroatoms. The van der Waals surface area contributed by atoms with E-state index in [1.165, 1.54) is 18.6 Å². The number of hydrogen-bond donors (Lipinski definition) is 1. The summed E-state index contributed by atoms with van der Waals surface area (Å²) in [5.74, 6) is 0.396. The third-order valence-electron chi connectivity index (χ3n) is 2.63.